The number of fused-ring (bicyclic) bond motifs is 1. The van der Waals surface area contributed by atoms with Gasteiger partial charge in [0.25, 0.3) is 0 Å². The molecule has 3 rings (SSSR count). The van der Waals surface area contributed by atoms with Crippen molar-refractivity contribution in [3.63, 3.8) is 0 Å². The molecule has 3 N–H and O–H groups in total. The molecule has 0 unspecified atom stereocenters. The van der Waals surface area contributed by atoms with Crippen molar-refractivity contribution in [2.24, 2.45) is 7.05 Å². The molecule has 0 atom stereocenters. The van der Waals surface area contributed by atoms with Crippen molar-refractivity contribution in [3.8, 4) is 5.75 Å². The fourth-order valence-corrected chi connectivity index (χ4v) is 2.40. The standard InChI is InChI=1S/C17H22N6O/c1-11(2)12-4-6-13(7-5-12)24-9-8-19-17-21-15(18)14-10-20-23(3)16(14)22-17/h4-7,10-11H,8-9H2,1-3H3,(H3,18,19,21,22). The van der Waals surface area contributed by atoms with Gasteiger partial charge in [0.1, 0.15) is 18.2 Å². The minimum absolute atomic E-state index is 0.417. The Morgan fingerprint density at radius 2 is 1.96 bits per heavy atom. The maximum atomic E-state index is 5.93. The number of rotatable bonds is 6. The summed E-state index contributed by atoms with van der Waals surface area (Å²) in [6.07, 6.45) is 1.67. The Morgan fingerprint density at radius 1 is 1.21 bits per heavy atom. The maximum absolute atomic E-state index is 5.93. The number of hydrogen-bond acceptors (Lipinski definition) is 6. The van der Waals surface area contributed by atoms with Crippen LogP contribution in [0.5, 0.6) is 5.75 Å². The summed E-state index contributed by atoms with van der Waals surface area (Å²) in [5.74, 6) is 2.26. The van der Waals surface area contributed by atoms with Gasteiger partial charge in [-0.05, 0) is 23.6 Å². The Bertz CT molecular complexity index is 825. The monoisotopic (exact) mass is 326 g/mol. The van der Waals surface area contributed by atoms with Crippen LogP contribution in [0.4, 0.5) is 11.8 Å². The van der Waals surface area contributed by atoms with Crippen molar-refractivity contribution in [2.45, 2.75) is 19.8 Å². The number of aryl methyl sites for hydroxylation is 1. The molecule has 0 saturated heterocycles. The number of nitrogens with zero attached hydrogens (tertiary/aromatic N) is 4. The van der Waals surface area contributed by atoms with E-state index in [1.54, 1.807) is 10.9 Å². The van der Waals surface area contributed by atoms with Crippen LogP contribution in [0.2, 0.25) is 0 Å². The van der Waals surface area contributed by atoms with Gasteiger partial charge in [-0.25, -0.2) is 0 Å². The highest BCUT2D eigenvalue weighted by Gasteiger charge is 2.08. The van der Waals surface area contributed by atoms with E-state index < -0.39 is 0 Å². The van der Waals surface area contributed by atoms with Crippen molar-refractivity contribution in [2.75, 3.05) is 24.2 Å². The SMILES string of the molecule is CC(C)c1ccc(OCCNc2nc(N)c3cnn(C)c3n2)cc1. The van der Waals surface area contributed by atoms with Gasteiger partial charge in [-0.15, -0.1) is 0 Å². The number of nitrogen functional groups attached to an aromatic ring is 1. The zero-order valence-corrected chi connectivity index (χ0v) is 14.2. The number of nitrogens with two attached hydrogens (primary N) is 1. The molecule has 3 aromatic rings. The van der Waals surface area contributed by atoms with E-state index in [2.05, 4.69) is 46.4 Å². The molecule has 0 aliphatic rings. The van der Waals surface area contributed by atoms with Crippen molar-refractivity contribution < 1.29 is 4.74 Å². The van der Waals surface area contributed by atoms with E-state index in [9.17, 15) is 0 Å². The number of aromatic nitrogens is 4. The molecular formula is C17H22N6O. The molecule has 1 aromatic carbocycles. The lowest BCUT2D eigenvalue weighted by molar-refractivity contribution is 0.332. The molecule has 0 radical (unpaired) electrons. The van der Waals surface area contributed by atoms with Gasteiger partial charge in [-0.1, -0.05) is 26.0 Å². The zero-order valence-electron chi connectivity index (χ0n) is 14.2. The summed E-state index contributed by atoms with van der Waals surface area (Å²) in [5, 5.41) is 8.02. The third kappa shape index (κ3) is 3.40. The summed E-state index contributed by atoms with van der Waals surface area (Å²) >= 11 is 0. The number of anilines is 2. The summed E-state index contributed by atoms with van der Waals surface area (Å²) in [7, 11) is 1.82. The molecule has 0 fully saturated rings. The number of hydrogen-bond donors (Lipinski definition) is 2. The van der Waals surface area contributed by atoms with E-state index in [0.717, 1.165) is 11.1 Å². The fourth-order valence-electron chi connectivity index (χ4n) is 2.40. The quantitative estimate of drug-likeness (QED) is 0.677. The first kappa shape index (κ1) is 16.0. The highest BCUT2D eigenvalue weighted by molar-refractivity contribution is 5.86. The van der Waals surface area contributed by atoms with Crippen LogP contribution in [0.3, 0.4) is 0 Å². The van der Waals surface area contributed by atoms with E-state index in [0.29, 0.717) is 36.5 Å². The fraction of sp³-hybridized carbons (Fsp3) is 0.353. The van der Waals surface area contributed by atoms with Crippen LogP contribution >= 0.6 is 0 Å². The summed E-state index contributed by atoms with van der Waals surface area (Å²) in [6.45, 7) is 5.43. The second-order valence-corrected chi connectivity index (χ2v) is 5.94. The molecule has 0 amide bonds. The van der Waals surface area contributed by atoms with Crippen LogP contribution < -0.4 is 15.8 Å². The van der Waals surface area contributed by atoms with Crippen molar-refractivity contribution >= 4 is 22.8 Å². The van der Waals surface area contributed by atoms with E-state index in [-0.39, 0.29) is 0 Å². The molecule has 0 aliphatic carbocycles. The first-order valence-corrected chi connectivity index (χ1v) is 7.96. The molecule has 126 valence electrons. The Kier molecular flexibility index (Phi) is 4.50. The average Bonchev–Trinajstić information content (AvgIpc) is 2.94. The number of ether oxygens (including phenoxy) is 1. The van der Waals surface area contributed by atoms with Crippen molar-refractivity contribution in [3.05, 3.63) is 36.0 Å². The van der Waals surface area contributed by atoms with Gasteiger partial charge >= 0.3 is 0 Å². The minimum Gasteiger partial charge on any atom is -0.492 e. The largest absolute Gasteiger partial charge is 0.492 e. The summed E-state index contributed by atoms with van der Waals surface area (Å²) in [5.41, 5.74) is 7.93. The summed E-state index contributed by atoms with van der Waals surface area (Å²) in [4.78, 5) is 8.65. The van der Waals surface area contributed by atoms with Gasteiger partial charge in [-0.2, -0.15) is 15.1 Å². The molecule has 24 heavy (non-hydrogen) atoms. The van der Waals surface area contributed by atoms with Gasteiger partial charge in [0.2, 0.25) is 5.95 Å². The molecule has 0 bridgehead atoms. The Hall–Kier alpha value is -2.83. The number of benzene rings is 1. The summed E-state index contributed by atoms with van der Waals surface area (Å²) in [6, 6.07) is 8.16. The lowest BCUT2D eigenvalue weighted by Gasteiger charge is -2.10. The first-order valence-electron chi connectivity index (χ1n) is 7.96. The van der Waals surface area contributed by atoms with Gasteiger partial charge in [-0.3, -0.25) is 4.68 Å². The molecule has 0 spiro atoms. The first-order chi connectivity index (χ1) is 11.5. The molecule has 0 saturated carbocycles. The molecule has 7 heteroatoms. The van der Waals surface area contributed by atoms with Crippen LogP contribution in [0.1, 0.15) is 25.3 Å². The van der Waals surface area contributed by atoms with E-state index in [1.165, 1.54) is 5.56 Å². The second kappa shape index (κ2) is 6.74. The lowest BCUT2D eigenvalue weighted by atomic mass is 10.0. The van der Waals surface area contributed by atoms with Crippen molar-refractivity contribution in [1.29, 1.82) is 0 Å². The molecule has 2 heterocycles. The van der Waals surface area contributed by atoms with Gasteiger partial charge in [0, 0.05) is 7.05 Å². The highest BCUT2D eigenvalue weighted by Crippen LogP contribution is 2.19. The van der Waals surface area contributed by atoms with Crippen LogP contribution in [0.25, 0.3) is 11.0 Å². The molecule has 7 nitrogen and oxygen atoms in total. The van der Waals surface area contributed by atoms with Crippen LogP contribution in [-0.2, 0) is 7.05 Å². The zero-order chi connectivity index (χ0) is 17.1. The minimum atomic E-state index is 0.417. The third-order valence-corrected chi connectivity index (χ3v) is 3.82. The third-order valence-electron chi connectivity index (χ3n) is 3.82. The molecule has 0 aliphatic heterocycles. The second-order valence-electron chi connectivity index (χ2n) is 5.94. The Morgan fingerprint density at radius 3 is 2.67 bits per heavy atom. The predicted molar refractivity (Wildman–Crippen MR) is 95.2 cm³/mol. The Labute approximate surface area is 140 Å². The Balaban J connectivity index is 1.55. The highest BCUT2D eigenvalue weighted by atomic mass is 16.5. The normalized spacial score (nSPS) is 11.2. The smallest absolute Gasteiger partial charge is 0.226 e. The summed E-state index contributed by atoms with van der Waals surface area (Å²) < 4.78 is 7.39. The van der Waals surface area contributed by atoms with Gasteiger partial charge in [0.15, 0.2) is 5.65 Å². The molecule has 2 aromatic heterocycles. The van der Waals surface area contributed by atoms with Crippen molar-refractivity contribution in [1.82, 2.24) is 19.7 Å². The van der Waals surface area contributed by atoms with Gasteiger partial charge in [0.05, 0.1) is 18.1 Å². The predicted octanol–water partition coefficient (Wildman–Crippen LogP) is 2.56. The van der Waals surface area contributed by atoms with Crippen LogP contribution in [-0.4, -0.2) is 32.9 Å². The van der Waals surface area contributed by atoms with Crippen LogP contribution in [0.15, 0.2) is 30.5 Å². The maximum Gasteiger partial charge on any atom is 0.226 e. The van der Waals surface area contributed by atoms with E-state index >= 15 is 0 Å². The lowest BCUT2D eigenvalue weighted by Crippen LogP contribution is -2.14. The average molecular weight is 326 g/mol. The van der Waals surface area contributed by atoms with E-state index in [4.69, 9.17) is 10.5 Å². The topological polar surface area (TPSA) is 90.9 Å². The molecular weight excluding hydrogens is 304 g/mol. The number of nitrogens with one attached hydrogen (secondary N) is 1. The van der Waals surface area contributed by atoms with E-state index in [1.807, 2.05) is 19.2 Å². The van der Waals surface area contributed by atoms with Gasteiger partial charge < -0.3 is 15.8 Å². The van der Waals surface area contributed by atoms with Crippen LogP contribution in [0, 0.1) is 0 Å².